The van der Waals surface area contributed by atoms with Gasteiger partial charge in [0.1, 0.15) is 23.0 Å². The van der Waals surface area contributed by atoms with Gasteiger partial charge in [-0.25, -0.2) is 0 Å². The fourth-order valence-electron chi connectivity index (χ4n) is 7.07. The second-order valence-electron chi connectivity index (χ2n) is 11.8. The van der Waals surface area contributed by atoms with Gasteiger partial charge in [0.05, 0.1) is 5.41 Å². The first-order valence-corrected chi connectivity index (χ1v) is 15.6. The van der Waals surface area contributed by atoms with Gasteiger partial charge in [-0.2, -0.15) is 0 Å². The molecule has 3 nitrogen and oxygen atoms in total. The second-order valence-corrected chi connectivity index (χ2v) is 11.8. The first-order valence-electron chi connectivity index (χ1n) is 15.6. The van der Waals surface area contributed by atoms with E-state index in [0.29, 0.717) is 5.70 Å². The second kappa shape index (κ2) is 10.9. The van der Waals surface area contributed by atoms with Gasteiger partial charge in [0, 0.05) is 33.5 Å². The minimum atomic E-state index is -0.645. The topological polar surface area (TPSA) is 44.5 Å². The Morgan fingerprint density at radius 3 is 2.02 bits per heavy atom. The van der Waals surface area contributed by atoms with Gasteiger partial charge >= 0.3 is 0 Å². The molecule has 1 aliphatic carbocycles. The fourth-order valence-corrected chi connectivity index (χ4v) is 7.07. The highest BCUT2D eigenvalue weighted by Gasteiger charge is 2.50. The predicted octanol–water partition coefficient (Wildman–Crippen LogP) is 10.6. The van der Waals surface area contributed by atoms with E-state index < -0.39 is 5.41 Å². The molecule has 45 heavy (non-hydrogen) atoms. The van der Waals surface area contributed by atoms with Gasteiger partial charge in [-0.15, -0.1) is 0 Å². The molecule has 3 heteroatoms. The number of ether oxygens (including phenoxy) is 2. The number of allylic oxidation sites excluding steroid dienone is 7. The lowest BCUT2D eigenvalue weighted by molar-refractivity contribution is 0.399. The summed E-state index contributed by atoms with van der Waals surface area (Å²) in [7, 11) is 0. The summed E-state index contributed by atoms with van der Waals surface area (Å²) in [6.07, 6.45) is 14.6. The van der Waals surface area contributed by atoms with E-state index in [4.69, 9.17) is 15.2 Å². The Kier molecular flexibility index (Phi) is 6.53. The lowest BCUT2D eigenvalue weighted by atomic mass is 9.62. The number of hydrogen-bond donors (Lipinski definition) is 1. The lowest BCUT2D eigenvalue weighted by Crippen LogP contribution is -2.36. The molecule has 2 heterocycles. The van der Waals surface area contributed by atoms with Crippen molar-refractivity contribution in [2.75, 3.05) is 0 Å². The minimum Gasteiger partial charge on any atom is -0.457 e. The highest BCUT2D eigenvalue weighted by Crippen LogP contribution is 2.61. The highest BCUT2D eigenvalue weighted by atomic mass is 16.5. The molecule has 0 amide bonds. The summed E-state index contributed by atoms with van der Waals surface area (Å²) < 4.78 is 13.4. The maximum atomic E-state index is 6.75. The third-order valence-corrected chi connectivity index (χ3v) is 9.18. The van der Waals surface area contributed by atoms with Crippen LogP contribution < -0.4 is 15.2 Å². The molecule has 0 radical (unpaired) electrons. The zero-order chi connectivity index (χ0) is 30.4. The van der Waals surface area contributed by atoms with Crippen LogP contribution in [0.5, 0.6) is 23.0 Å². The molecule has 1 atom stereocenters. The van der Waals surface area contributed by atoms with Crippen LogP contribution >= 0.6 is 0 Å². The van der Waals surface area contributed by atoms with Gasteiger partial charge in [0.2, 0.25) is 0 Å². The smallest absolute Gasteiger partial charge is 0.132 e. The molecule has 1 unspecified atom stereocenters. The van der Waals surface area contributed by atoms with Crippen LogP contribution in [0.4, 0.5) is 0 Å². The fraction of sp³-hybridized carbons (Fsp3) is 0.0952. The average Bonchev–Trinajstić information content (AvgIpc) is 3.10. The number of hydrogen-bond acceptors (Lipinski definition) is 3. The Hall–Kier alpha value is -5.54. The van der Waals surface area contributed by atoms with E-state index in [1.54, 1.807) is 0 Å². The third-order valence-electron chi connectivity index (χ3n) is 9.18. The van der Waals surface area contributed by atoms with Gasteiger partial charge in [-0.3, -0.25) is 0 Å². The number of nitrogens with two attached hydrogens (primary N) is 1. The number of rotatable bonds is 4. The summed E-state index contributed by atoms with van der Waals surface area (Å²) in [5.41, 5.74) is 16.7. The molecule has 0 aromatic heterocycles. The summed E-state index contributed by atoms with van der Waals surface area (Å²) in [5.74, 6) is 3.30. The molecule has 1 spiro atoms. The molecule has 218 valence electrons. The number of fused-ring (bicyclic) bond motifs is 8. The minimum absolute atomic E-state index is 0.645. The molecule has 8 rings (SSSR count). The maximum Gasteiger partial charge on any atom is 0.132 e. The van der Waals surface area contributed by atoms with E-state index in [2.05, 4.69) is 115 Å². The van der Waals surface area contributed by atoms with Gasteiger partial charge < -0.3 is 15.2 Å². The van der Waals surface area contributed by atoms with Crippen LogP contribution in [0.3, 0.4) is 0 Å². The van der Waals surface area contributed by atoms with Crippen LogP contribution in [0.2, 0.25) is 0 Å². The Morgan fingerprint density at radius 1 is 0.667 bits per heavy atom. The van der Waals surface area contributed by atoms with Crippen molar-refractivity contribution in [3.8, 4) is 34.1 Å². The van der Waals surface area contributed by atoms with Crippen LogP contribution in [-0.4, -0.2) is 0 Å². The van der Waals surface area contributed by atoms with E-state index in [1.165, 1.54) is 16.7 Å². The van der Waals surface area contributed by atoms with Crippen LogP contribution in [0, 0.1) is 0 Å². The number of benzene rings is 5. The quantitative estimate of drug-likeness (QED) is 0.210. The van der Waals surface area contributed by atoms with E-state index in [-0.39, 0.29) is 0 Å². The largest absolute Gasteiger partial charge is 0.457 e. The molecule has 5 aromatic rings. The number of para-hydroxylation sites is 2. The first-order chi connectivity index (χ1) is 22.2. The van der Waals surface area contributed by atoms with Gasteiger partial charge in [-0.05, 0) is 78.4 Å². The molecule has 5 aromatic carbocycles. The van der Waals surface area contributed by atoms with Crippen molar-refractivity contribution in [1.29, 1.82) is 0 Å². The van der Waals surface area contributed by atoms with Crippen LogP contribution in [0.15, 0.2) is 146 Å². The Balaban J connectivity index is 1.35. The highest BCUT2D eigenvalue weighted by molar-refractivity contribution is 5.80. The molecular weight excluding hydrogens is 550 g/mol. The molecule has 0 saturated carbocycles. The van der Waals surface area contributed by atoms with Gasteiger partial charge in [0.25, 0.3) is 0 Å². The maximum absolute atomic E-state index is 6.75. The summed E-state index contributed by atoms with van der Waals surface area (Å²) in [4.78, 5) is 0. The molecule has 2 aliphatic heterocycles. The Bertz CT molecular complexity index is 2080. The van der Waals surface area contributed by atoms with Crippen LogP contribution in [0.1, 0.15) is 53.1 Å². The van der Waals surface area contributed by atoms with Crippen molar-refractivity contribution in [3.05, 3.63) is 179 Å². The zero-order valence-corrected chi connectivity index (χ0v) is 25.2. The van der Waals surface area contributed by atoms with E-state index >= 15 is 0 Å². The summed E-state index contributed by atoms with van der Waals surface area (Å²) in [6.45, 7) is 1.98. The molecule has 0 saturated heterocycles. The zero-order valence-electron chi connectivity index (χ0n) is 25.2. The monoisotopic (exact) mass is 583 g/mol. The first kappa shape index (κ1) is 27.0. The van der Waals surface area contributed by atoms with Gasteiger partial charge in [0.15, 0.2) is 0 Å². The third kappa shape index (κ3) is 4.35. The van der Waals surface area contributed by atoms with E-state index in [9.17, 15) is 0 Å². The molecule has 3 aliphatic rings. The summed E-state index contributed by atoms with van der Waals surface area (Å²) in [5, 5.41) is 0. The Morgan fingerprint density at radius 2 is 1.31 bits per heavy atom. The van der Waals surface area contributed by atoms with Gasteiger partial charge in [-0.1, -0.05) is 109 Å². The van der Waals surface area contributed by atoms with Crippen molar-refractivity contribution in [2.45, 2.75) is 25.2 Å². The molecule has 2 N–H and O–H groups in total. The predicted molar refractivity (Wildman–Crippen MR) is 184 cm³/mol. The van der Waals surface area contributed by atoms with Crippen molar-refractivity contribution in [1.82, 2.24) is 0 Å². The Labute approximate surface area is 264 Å². The van der Waals surface area contributed by atoms with Crippen molar-refractivity contribution < 1.29 is 9.47 Å². The van der Waals surface area contributed by atoms with E-state index in [1.807, 2.05) is 37.3 Å². The SMILES string of the molecule is C/C=C\C=C(/N)c1ccc2c(c1)Oc1ccccc1C21c2ccccc2Oc2cc(-c3cccc(C4=CC=CCC4)c3)ccc21. The molecule has 0 fully saturated rings. The van der Waals surface area contributed by atoms with Crippen molar-refractivity contribution in [3.63, 3.8) is 0 Å². The van der Waals surface area contributed by atoms with Crippen molar-refractivity contribution in [2.24, 2.45) is 5.73 Å². The summed E-state index contributed by atoms with van der Waals surface area (Å²) in [6, 6.07) is 38.6. The normalized spacial score (nSPS) is 17.9. The van der Waals surface area contributed by atoms with Crippen molar-refractivity contribution >= 4 is 11.3 Å². The summed E-state index contributed by atoms with van der Waals surface area (Å²) >= 11 is 0. The molecule has 0 bridgehead atoms. The molecular formula is C42H33NO2. The van der Waals surface area contributed by atoms with E-state index in [0.717, 1.165) is 69.2 Å². The standard InChI is InChI=1S/C42H33NO2/c1-2-3-18-37(43)32-22-24-36-41(27-32)45-39-20-10-8-17-34(39)42(36)33-16-7-9-19-38(33)44-40-26-31(21-23-35(40)42)30-15-11-14-29(25-30)28-12-5-4-6-13-28/h2-5,7-12,14-27H,6,13,43H2,1H3/b3-2-,37-18-. The van der Waals surface area contributed by atoms with Crippen LogP contribution in [0.25, 0.3) is 22.4 Å². The lowest BCUT2D eigenvalue weighted by Gasteiger charge is -2.45. The average molecular weight is 584 g/mol. The van der Waals surface area contributed by atoms with Crippen LogP contribution in [-0.2, 0) is 5.41 Å².